The number of phenols is 1. The molecule has 0 aliphatic rings. The first-order chi connectivity index (χ1) is 12.7. The lowest BCUT2D eigenvalue weighted by Crippen LogP contribution is -2.07. The zero-order chi connectivity index (χ0) is 17.9. The summed E-state index contributed by atoms with van der Waals surface area (Å²) < 4.78 is 2.08. The highest BCUT2D eigenvalue weighted by atomic mass is 16.3. The zero-order valence-corrected chi connectivity index (χ0v) is 14.7. The van der Waals surface area contributed by atoms with Gasteiger partial charge in [-0.15, -0.1) is 0 Å². The third-order valence-corrected chi connectivity index (χ3v) is 4.47. The SMILES string of the molecule is Cc1ccn2c(NCCc3ccccc3)c(-c3ccc(O)cc3)nc2c1. The molecule has 26 heavy (non-hydrogen) atoms. The monoisotopic (exact) mass is 343 g/mol. The minimum atomic E-state index is 0.256. The summed E-state index contributed by atoms with van der Waals surface area (Å²) in [5.74, 6) is 1.23. The van der Waals surface area contributed by atoms with Gasteiger partial charge in [0.1, 0.15) is 22.9 Å². The van der Waals surface area contributed by atoms with Gasteiger partial charge in [0.25, 0.3) is 0 Å². The molecule has 0 saturated heterocycles. The van der Waals surface area contributed by atoms with Crippen LogP contribution in [0.5, 0.6) is 5.75 Å². The summed E-state index contributed by atoms with van der Waals surface area (Å²) in [6, 6.07) is 21.8. The van der Waals surface area contributed by atoms with E-state index in [-0.39, 0.29) is 5.75 Å². The van der Waals surface area contributed by atoms with Crippen LogP contribution in [-0.4, -0.2) is 21.0 Å². The van der Waals surface area contributed by atoms with Crippen LogP contribution in [0, 0.1) is 6.92 Å². The molecular formula is C22H21N3O. The number of fused-ring (bicyclic) bond motifs is 1. The molecule has 0 aliphatic carbocycles. The molecule has 4 nitrogen and oxygen atoms in total. The molecule has 4 heteroatoms. The predicted octanol–water partition coefficient (Wildman–Crippen LogP) is 4.67. The van der Waals surface area contributed by atoms with Crippen molar-refractivity contribution in [2.75, 3.05) is 11.9 Å². The third-order valence-electron chi connectivity index (χ3n) is 4.47. The van der Waals surface area contributed by atoms with E-state index in [9.17, 15) is 5.11 Å². The average Bonchev–Trinajstić information content (AvgIpc) is 3.01. The van der Waals surface area contributed by atoms with Crippen LogP contribution in [0.4, 0.5) is 5.82 Å². The van der Waals surface area contributed by atoms with E-state index in [1.165, 1.54) is 11.1 Å². The first-order valence-corrected chi connectivity index (χ1v) is 8.76. The van der Waals surface area contributed by atoms with Gasteiger partial charge < -0.3 is 10.4 Å². The lowest BCUT2D eigenvalue weighted by molar-refractivity contribution is 0.475. The van der Waals surface area contributed by atoms with E-state index in [0.29, 0.717) is 0 Å². The van der Waals surface area contributed by atoms with Crippen molar-refractivity contribution in [2.24, 2.45) is 0 Å². The largest absolute Gasteiger partial charge is 0.508 e. The molecule has 0 bridgehead atoms. The standard InChI is InChI=1S/C22H21N3O/c1-16-12-14-25-20(15-16)24-21(18-7-9-19(26)10-8-18)22(25)23-13-11-17-5-3-2-4-6-17/h2-10,12,14-15,23,26H,11,13H2,1H3. The highest BCUT2D eigenvalue weighted by molar-refractivity contribution is 5.77. The summed E-state index contributed by atoms with van der Waals surface area (Å²) in [7, 11) is 0. The zero-order valence-electron chi connectivity index (χ0n) is 14.7. The van der Waals surface area contributed by atoms with Crippen molar-refractivity contribution >= 4 is 11.5 Å². The van der Waals surface area contributed by atoms with Gasteiger partial charge in [-0.1, -0.05) is 30.3 Å². The second-order valence-electron chi connectivity index (χ2n) is 6.45. The van der Waals surface area contributed by atoms with E-state index < -0.39 is 0 Å². The molecule has 0 unspecified atom stereocenters. The molecule has 0 saturated carbocycles. The van der Waals surface area contributed by atoms with Gasteiger partial charge in [0.05, 0.1) is 0 Å². The van der Waals surface area contributed by atoms with Gasteiger partial charge in [-0.2, -0.15) is 0 Å². The molecule has 4 rings (SSSR count). The van der Waals surface area contributed by atoms with E-state index in [4.69, 9.17) is 4.98 Å². The number of benzene rings is 2. The maximum Gasteiger partial charge on any atom is 0.139 e. The number of aromatic nitrogens is 2. The first kappa shape index (κ1) is 16.2. The smallest absolute Gasteiger partial charge is 0.139 e. The number of anilines is 1. The van der Waals surface area contributed by atoms with Crippen LogP contribution in [0.3, 0.4) is 0 Å². The molecule has 0 aliphatic heterocycles. The van der Waals surface area contributed by atoms with Gasteiger partial charge in [0, 0.05) is 18.3 Å². The van der Waals surface area contributed by atoms with Crippen molar-refractivity contribution in [1.29, 1.82) is 0 Å². The van der Waals surface area contributed by atoms with E-state index in [1.807, 2.05) is 24.4 Å². The summed E-state index contributed by atoms with van der Waals surface area (Å²) in [5, 5.41) is 13.1. The molecule has 0 amide bonds. The highest BCUT2D eigenvalue weighted by Gasteiger charge is 2.14. The van der Waals surface area contributed by atoms with Gasteiger partial charge >= 0.3 is 0 Å². The fourth-order valence-electron chi connectivity index (χ4n) is 3.11. The Labute approximate surface area is 152 Å². The number of nitrogens with zero attached hydrogens (tertiary/aromatic N) is 2. The van der Waals surface area contributed by atoms with Crippen molar-refractivity contribution in [3.8, 4) is 17.0 Å². The Morgan fingerprint density at radius 1 is 1.00 bits per heavy atom. The Bertz CT molecular complexity index is 1020. The normalized spacial score (nSPS) is 11.0. The fraction of sp³-hybridized carbons (Fsp3) is 0.136. The lowest BCUT2D eigenvalue weighted by Gasteiger charge is -2.09. The number of imidazole rings is 1. The van der Waals surface area contributed by atoms with E-state index in [0.717, 1.165) is 35.7 Å². The van der Waals surface area contributed by atoms with Crippen LogP contribution in [0.15, 0.2) is 72.9 Å². The summed E-state index contributed by atoms with van der Waals surface area (Å²) in [4.78, 5) is 4.82. The van der Waals surface area contributed by atoms with Crippen molar-refractivity contribution in [2.45, 2.75) is 13.3 Å². The number of pyridine rings is 1. The van der Waals surface area contributed by atoms with Crippen LogP contribution in [0.2, 0.25) is 0 Å². The van der Waals surface area contributed by atoms with Crippen LogP contribution < -0.4 is 5.32 Å². The number of aromatic hydroxyl groups is 1. The lowest BCUT2D eigenvalue weighted by atomic mass is 10.1. The molecule has 2 heterocycles. The van der Waals surface area contributed by atoms with Crippen molar-refractivity contribution < 1.29 is 5.11 Å². The Morgan fingerprint density at radius 2 is 1.77 bits per heavy atom. The van der Waals surface area contributed by atoms with E-state index in [1.54, 1.807) is 12.1 Å². The quantitative estimate of drug-likeness (QED) is 0.554. The highest BCUT2D eigenvalue weighted by Crippen LogP contribution is 2.30. The van der Waals surface area contributed by atoms with Crippen molar-refractivity contribution in [1.82, 2.24) is 9.38 Å². The van der Waals surface area contributed by atoms with E-state index >= 15 is 0 Å². The van der Waals surface area contributed by atoms with Gasteiger partial charge in [0.15, 0.2) is 0 Å². The Balaban J connectivity index is 1.68. The Morgan fingerprint density at radius 3 is 2.54 bits per heavy atom. The van der Waals surface area contributed by atoms with Gasteiger partial charge in [-0.3, -0.25) is 4.40 Å². The molecule has 2 aromatic heterocycles. The minimum absolute atomic E-state index is 0.256. The van der Waals surface area contributed by atoms with Crippen LogP contribution in [0.1, 0.15) is 11.1 Å². The fourth-order valence-corrected chi connectivity index (χ4v) is 3.11. The predicted molar refractivity (Wildman–Crippen MR) is 106 cm³/mol. The molecule has 4 aromatic rings. The summed E-state index contributed by atoms with van der Waals surface area (Å²) in [5.41, 5.74) is 5.26. The first-order valence-electron chi connectivity index (χ1n) is 8.76. The van der Waals surface area contributed by atoms with E-state index in [2.05, 4.69) is 53.0 Å². The van der Waals surface area contributed by atoms with Crippen LogP contribution in [0.25, 0.3) is 16.9 Å². The summed E-state index contributed by atoms with van der Waals surface area (Å²) in [6.07, 6.45) is 2.99. The van der Waals surface area contributed by atoms with Crippen molar-refractivity contribution in [3.05, 3.63) is 84.1 Å². The molecule has 130 valence electrons. The van der Waals surface area contributed by atoms with Gasteiger partial charge in [0.2, 0.25) is 0 Å². The third kappa shape index (κ3) is 3.26. The number of nitrogens with one attached hydrogen (secondary N) is 1. The Hall–Kier alpha value is -3.27. The molecular weight excluding hydrogens is 322 g/mol. The summed E-state index contributed by atoms with van der Waals surface area (Å²) in [6.45, 7) is 2.88. The number of phenolic OH excluding ortho intramolecular Hbond substituents is 1. The molecule has 0 radical (unpaired) electrons. The maximum atomic E-state index is 9.58. The molecule has 0 fully saturated rings. The van der Waals surface area contributed by atoms with Gasteiger partial charge in [-0.05, 0) is 60.9 Å². The number of hydrogen-bond donors (Lipinski definition) is 2. The Kier molecular flexibility index (Phi) is 4.32. The molecule has 2 aromatic carbocycles. The number of rotatable bonds is 5. The van der Waals surface area contributed by atoms with Crippen LogP contribution >= 0.6 is 0 Å². The topological polar surface area (TPSA) is 49.6 Å². The number of hydrogen-bond acceptors (Lipinski definition) is 3. The molecule has 2 N–H and O–H groups in total. The number of aryl methyl sites for hydroxylation is 1. The second-order valence-corrected chi connectivity index (χ2v) is 6.45. The summed E-state index contributed by atoms with van der Waals surface area (Å²) >= 11 is 0. The average molecular weight is 343 g/mol. The van der Waals surface area contributed by atoms with Crippen LogP contribution in [-0.2, 0) is 6.42 Å². The van der Waals surface area contributed by atoms with Gasteiger partial charge in [-0.25, -0.2) is 4.98 Å². The maximum absolute atomic E-state index is 9.58. The second kappa shape index (κ2) is 6.92. The van der Waals surface area contributed by atoms with Crippen molar-refractivity contribution in [3.63, 3.8) is 0 Å². The minimum Gasteiger partial charge on any atom is -0.508 e. The molecule has 0 atom stereocenters. The molecule has 0 spiro atoms.